The maximum absolute atomic E-state index is 8.49. The van der Waals surface area contributed by atoms with E-state index in [0.717, 1.165) is 28.3 Å². The third-order valence-electron chi connectivity index (χ3n) is 3.61. The summed E-state index contributed by atoms with van der Waals surface area (Å²) >= 11 is 0. The van der Waals surface area contributed by atoms with Crippen molar-refractivity contribution < 1.29 is 14.4 Å². The Kier molecular flexibility index (Phi) is 4.91. The summed E-state index contributed by atoms with van der Waals surface area (Å²) in [7, 11) is 0. The van der Waals surface area contributed by atoms with E-state index in [1.807, 2.05) is 61.5 Å². The fourth-order valence-corrected chi connectivity index (χ4v) is 2.35. The molecule has 0 spiro atoms. The zero-order valence-electron chi connectivity index (χ0n) is 13.3. The van der Waals surface area contributed by atoms with Crippen LogP contribution < -0.4 is 4.74 Å². The van der Waals surface area contributed by atoms with E-state index in [1.54, 1.807) is 0 Å². The van der Waals surface area contributed by atoms with Crippen molar-refractivity contribution in [2.75, 3.05) is 6.61 Å². The molecule has 0 bridgehead atoms. The van der Waals surface area contributed by atoms with Crippen LogP contribution in [0.15, 0.2) is 64.2 Å². The topological polar surface area (TPSA) is 67.9 Å². The number of hydrogen-bond donors (Lipinski definition) is 1. The Labute approximate surface area is 140 Å². The van der Waals surface area contributed by atoms with Crippen LogP contribution in [0.5, 0.6) is 5.75 Å². The number of oxime groups is 1. The van der Waals surface area contributed by atoms with E-state index in [9.17, 15) is 0 Å². The molecule has 24 heavy (non-hydrogen) atoms. The summed E-state index contributed by atoms with van der Waals surface area (Å²) in [4.78, 5) is 4.56. The lowest BCUT2D eigenvalue weighted by Gasteiger charge is -2.05. The van der Waals surface area contributed by atoms with Crippen molar-refractivity contribution in [3.8, 4) is 17.2 Å². The molecule has 0 saturated carbocycles. The second kappa shape index (κ2) is 7.46. The number of rotatable bonds is 6. The summed E-state index contributed by atoms with van der Waals surface area (Å²) in [6.07, 6.45) is 2.04. The van der Waals surface area contributed by atoms with Crippen molar-refractivity contribution in [1.82, 2.24) is 4.98 Å². The van der Waals surface area contributed by atoms with Gasteiger partial charge in [-0.15, -0.1) is 0 Å². The molecule has 2 aromatic carbocycles. The Morgan fingerprint density at radius 3 is 2.58 bits per heavy atom. The van der Waals surface area contributed by atoms with Gasteiger partial charge in [-0.25, -0.2) is 4.98 Å². The number of ether oxygens (including phenoxy) is 1. The molecule has 0 unspecified atom stereocenters. The summed E-state index contributed by atoms with van der Waals surface area (Å²) in [6.45, 7) is 2.42. The largest absolute Gasteiger partial charge is 0.493 e. The van der Waals surface area contributed by atoms with Crippen molar-refractivity contribution >= 4 is 6.21 Å². The number of nitrogens with zero attached hydrogens (tertiary/aromatic N) is 2. The monoisotopic (exact) mass is 322 g/mol. The SMILES string of the molecule is Cc1oc(-c2ccccc2)nc1CCOc1ccc(/C=N/O)cc1. The van der Waals surface area contributed by atoms with Crippen LogP contribution in [0.25, 0.3) is 11.5 Å². The van der Waals surface area contributed by atoms with Crippen LogP contribution in [0, 0.1) is 6.92 Å². The summed E-state index contributed by atoms with van der Waals surface area (Å²) in [5.41, 5.74) is 2.68. The zero-order chi connectivity index (χ0) is 16.8. The van der Waals surface area contributed by atoms with Crippen LogP contribution in [-0.2, 0) is 6.42 Å². The fourth-order valence-electron chi connectivity index (χ4n) is 2.35. The van der Waals surface area contributed by atoms with E-state index in [4.69, 9.17) is 14.4 Å². The van der Waals surface area contributed by atoms with Crippen molar-refractivity contribution in [3.63, 3.8) is 0 Å². The molecule has 0 amide bonds. The lowest BCUT2D eigenvalue weighted by molar-refractivity contribution is 0.319. The third-order valence-corrected chi connectivity index (χ3v) is 3.61. The van der Waals surface area contributed by atoms with E-state index >= 15 is 0 Å². The second-order valence-corrected chi connectivity index (χ2v) is 5.30. The summed E-state index contributed by atoms with van der Waals surface area (Å²) in [5.74, 6) is 2.21. The lowest BCUT2D eigenvalue weighted by Crippen LogP contribution is -2.02. The molecule has 3 rings (SSSR count). The molecule has 122 valence electrons. The summed E-state index contributed by atoms with van der Waals surface area (Å²) in [5, 5.41) is 11.5. The van der Waals surface area contributed by atoms with Gasteiger partial charge in [0.2, 0.25) is 5.89 Å². The number of benzene rings is 2. The Morgan fingerprint density at radius 2 is 1.88 bits per heavy atom. The average molecular weight is 322 g/mol. The van der Waals surface area contributed by atoms with Gasteiger partial charge < -0.3 is 14.4 Å². The molecule has 1 aromatic heterocycles. The van der Waals surface area contributed by atoms with Crippen LogP contribution >= 0.6 is 0 Å². The van der Waals surface area contributed by atoms with E-state index in [1.165, 1.54) is 6.21 Å². The highest BCUT2D eigenvalue weighted by Crippen LogP contribution is 2.22. The maximum Gasteiger partial charge on any atom is 0.226 e. The first-order valence-electron chi connectivity index (χ1n) is 7.68. The molecular weight excluding hydrogens is 304 g/mol. The molecule has 0 aliphatic carbocycles. The molecule has 0 aliphatic heterocycles. The summed E-state index contributed by atoms with van der Waals surface area (Å²) < 4.78 is 11.5. The van der Waals surface area contributed by atoms with Gasteiger partial charge in [0.15, 0.2) is 0 Å². The van der Waals surface area contributed by atoms with E-state index < -0.39 is 0 Å². The first kappa shape index (κ1) is 15.8. The summed E-state index contributed by atoms with van der Waals surface area (Å²) in [6, 6.07) is 17.2. The highest BCUT2D eigenvalue weighted by molar-refractivity contribution is 5.79. The molecule has 5 heteroatoms. The lowest BCUT2D eigenvalue weighted by atomic mass is 10.2. The Hall–Kier alpha value is -3.08. The quantitative estimate of drug-likeness (QED) is 0.422. The Balaban J connectivity index is 1.60. The molecule has 1 N–H and O–H groups in total. The van der Waals surface area contributed by atoms with Crippen LogP contribution in [0.3, 0.4) is 0 Å². The first-order valence-corrected chi connectivity index (χ1v) is 7.68. The molecule has 3 aromatic rings. The van der Waals surface area contributed by atoms with Gasteiger partial charge in [-0.05, 0) is 48.9 Å². The zero-order valence-corrected chi connectivity index (χ0v) is 13.3. The number of hydrogen-bond acceptors (Lipinski definition) is 5. The molecule has 1 heterocycles. The number of oxazole rings is 1. The van der Waals surface area contributed by atoms with Gasteiger partial charge in [-0.3, -0.25) is 0 Å². The number of aryl methyl sites for hydroxylation is 1. The van der Waals surface area contributed by atoms with E-state index in [-0.39, 0.29) is 0 Å². The fraction of sp³-hybridized carbons (Fsp3) is 0.158. The van der Waals surface area contributed by atoms with E-state index in [2.05, 4.69) is 10.1 Å². The van der Waals surface area contributed by atoms with Gasteiger partial charge in [0.1, 0.15) is 11.5 Å². The predicted octanol–water partition coefficient (Wildman–Crippen LogP) is 4.08. The van der Waals surface area contributed by atoms with Gasteiger partial charge in [-0.2, -0.15) is 0 Å². The van der Waals surface area contributed by atoms with Gasteiger partial charge in [-0.1, -0.05) is 23.4 Å². The van der Waals surface area contributed by atoms with Crippen LogP contribution in [0.1, 0.15) is 17.0 Å². The first-order chi connectivity index (χ1) is 11.8. The number of aromatic nitrogens is 1. The van der Waals surface area contributed by atoms with Gasteiger partial charge in [0, 0.05) is 12.0 Å². The molecule has 0 fully saturated rings. The minimum atomic E-state index is 0.509. The maximum atomic E-state index is 8.49. The van der Waals surface area contributed by atoms with Crippen molar-refractivity contribution in [3.05, 3.63) is 71.6 Å². The Bertz CT molecular complexity index is 808. The third kappa shape index (κ3) is 3.81. The van der Waals surface area contributed by atoms with Crippen LogP contribution in [0.2, 0.25) is 0 Å². The van der Waals surface area contributed by atoms with Crippen molar-refractivity contribution in [2.45, 2.75) is 13.3 Å². The average Bonchev–Trinajstić information content (AvgIpc) is 2.99. The molecular formula is C19H18N2O3. The molecule has 0 saturated heterocycles. The molecule has 5 nitrogen and oxygen atoms in total. The van der Waals surface area contributed by atoms with Gasteiger partial charge in [0.25, 0.3) is 0 Å². The minimum absolute atomic E-state index is 0.509. The minimum Gasteiger partial charge on any atom is -0.493 e. The van der Waals surface area contributed by atoms with Gasteiger partial charge >= 0.3 is 0 Å². The predicted molar refractivity (Wildman–Crippen MR) is 91.7 cm³/mol. The van der Waals surface area contributed by atoms with Gasteiger partial charge in [0.05, 0.1) is 18.5 Å². The highest BCUT2D eigenvalue weighted by Gasteiger charge is 2.11. The molecule has 0 aliphatic rings. The van der Waals surface area contributed by atoms with E-state index in [0.29, 0.717) is 18.9 Å². The normalized spacial score (nSPS) is 11.0. The van der Waals surface area contributed by atoms with Crippen molar-refractivity contribution in [2.24, 2.45) is 5.16 Å². The highest BCUT2D eigenvalue weighted by atomic mass is 16.5. The van der Waals surface area contributed by atoms with Crippen molar-refractivity contribution in [1.29, 1.82) is 0 Å². The smallest absolute Gasteiger partial charge is 0.226 e. The standard InChI is InChI=1S/C19H18N2O3/c1-14-18(21-19(24-14)16-5-3-2-4-6-16)11-12-23-17-9-7-15(8-10-17)13-20-22/h2-10,13,22H,11-12H2,1H3/b20-13+. The van der Waals surface area contributed by atoms with Crippen LogP contribution in [0.4, 0.5) is 0 Å². The second-order valence-electron chi connectivity index (χ2n) is 5.30. The molecule has 0 radical (unpaired) electrons. The molecule has 0 atom stereocenters. The Morgan fingerprint density at radius 1 is 1.12 bits per heavy atom. The van der Waals surface area contributed by atoms with Crippen LogP contribution in [-0.4, -0.2) is 23.0 Å².